The van der Waals surface area contributed by atoms with E-state index >= 15 is 0 Å². The summed E-state index contributed by atoms with van der Waals surface area (Å²) in [7, 11) is 0. The number of ether oxygens (including phenoxy) is 4. The molecule has 34 heavy (non-hydrogen) atoms. The Balaban J connectivity index is 1.37. The molecular weight excluding hydrogens is 452 g/mol. The lowest BCUT2D eigenvalue weighted by Gasteiger charge is -2.41. The molecule has 3 aromatic carbocycles. The van der Waals surface area contributed by atoms with Crippen molar-refractivity contribution in [2.24, 2.45) is 0 Å². The molecule has 0 amide bonds. The molecule has 0 N–H and O–H groups in total. The van der Waals surface area contributed by atoms with E-state index in [-0.39, 0.29) is 12.6 Å². The van der Waals surface area contributed by atoms with Gasteiger partial charge in [0.15, 0.2) is 4.90 Å². The number of hydrogen-bond acceptors (Lipinski definition) is 6. The van der Waals surface area contributed by atoms with Crippen molar-refractivity contribution in [2.75, 3.05) is 32.7 Å². The molecule has 0 aliphatic carbocycles. The highest BCUT2D eigenvalue weighted by Gasteiger charge is 2.42. The lowest BCUT2D eigenvalue weighted by atomic mass is 9.91. The van der Waals surface area contributed by atoms with Gasteiger partial charge in [-0.3, -0.25) is 0 Å². The van der Waals surface area contributed by atoms with Crippen LogP contribution in [0, 0.1) is 0 Å². The highest BCUT2D eigenvalue weighted by Crippen LogP contribution is 2.34. The smallest absolute Gasteiger partial charge is 0.332 e. The van der Waals surface area contributed by atoms with Crippen LogP contribution in [0.5, 0.6) is 5.75 Å². The normalized spacial score (nSPS) is 15.3. The second kappa shape index (κ2) is 11.1. The average Bonchev–Trinajstić information content (AvgIpc) is 2.83. The van der Waals surface area contributed by atoms with E-state index in [4.69, 9.17) is 18.9 Å². The number of carbonyl (C=O) groups excluding carboxylic acids is 1. The Bertz CT molecular complexity index is 1090. The molecule has 1 saturated heterocycles. The van der Waals surface area contributed by atoms with E-state index in [0.717, 1.165) is 32.9 Å². The fourth-order valence-corrected chi connectivity index (χ4v) is 4.24. The molecule has 3 aromatic rings. The fraction of sp³-hybridized carbons (Fsp3) is 0.296. The standard InChI is InChI=1S/C27H28O6S/c1-3-31-26(28)17-33-27(18-30-19-27)23-9-11-24(12-10-23)32-16-20-5-4-6-22(15-20)21-7-13-25(14-8-21)34(2)29/h4-15H,3,16-19H2,1-2H3. The Morgan fingerprint density at radius 1 is 1.03 bits per heavy atom. The maximum atomic E-state index is 11.7. The van der Waals surface area contributed by atoms with Crippen molar-refractivity contribution in [3.8, 4) is 16.9 Å². The van der Waals surface area contributed by atoms with Crippen LogP contribution in [0.4, 0.5) is 0 Å². The summed E-state index contributed by atoms with van der Waals surface area (Å²) >= 11 is -0.987. The van der Waals surface area contributed by atoms with Crippen molar-refractivity contribution in [1.29, 1.82) is 0 Å². The molecule has 1 fully saturated rings. The summed E-state index contributed by atoms with van der Waals surface area (Å²) in [5, 5.41) is 0. The first-order chi connectivity index (χ1) is 16.5. The van der Waals surface area contributed by atoms with E-state index in [9.17, 15) is 9.35 Å². The number of benzene rings is 3. The first kappa shape index (κ1) is 24.3. The lowest BCUT2D eigenvalue weighted by molar-refractivity contribution is -0.221. The van der Waals surface area contributed by atoms with E-state index in [1.54, 1.807) is 13.2 Å². The molecule has 6 nitrogen and oxygen atoms in total. The van der Waals surface area contributed by atoms with Crippen LogP contribution in [0.1, 0.15) is 18.1 Å². The first-order valence-corrected chi connectivity index (χ1v) is 12.7. The minimum Gasteiger partial charge on any atom is -0.612 e. The van der Waals surface area contributed by atoms with Gasteiger partial charge >= 0.3 is 5.97 Å². The largest absolute Gasteiger partial charge is 0.612 e. The van der Waals surface area contributed by atoms with Crippen molar-refractivity contribution >= 4 is 17.1 Å². The summed E-state index contributed by atoms with van der Waals surface area (Å²) in [6.45, 7) is 3.21. The minimum absolute atomic E-state index is 0.106. The number of esters is 1. The van der Waals surface area contributed by atoms with Crippen LogP contribution in [-0.2, 0) is 42.4 Å². The molecule has 7 heteroatoms. The zero-order valence-electron chi connectivity index (χ0n) is 19.3. The molecule has 1 aliphatic heterocycles. The zero-order valence-corrected chi connectivity index (χ0v) is 20.1. The van der Waals surface area contributed by atoms with Crippen molar-refractivity contribution in [1.82, 2.24) is 0 Å². The Labute approximate surface area is 203 Å². The molecule has 0 radical (unpaired) electrons. The van der Waals surface area contributed by atoms with Gasteiger partial charge in [0.1, 0.15) is 30.8 Å². The van der Waals surface area contributed by atoms with Crippen molar-refractivity contribution < 1.29 is 28.3 Å². The molecule has 0 spiro atoms. The van der Waals surface area contributed by atoms with Crippen LogP contribution < -0.4 is 4.74 Å². The van der Waals surface area contributed by atoms with Gasteiger partial charge in [-0.15, -0.1) is 0 Å². The lowest BCUT2D eigenvalue weighted by Crippen LogP contribution is -2.49. The van der Waals surface area contributed by atoms with E-state index in [2.05, 4.69) is 6.07 Å². The summed E-state index contributed by atoms with van der Waals surface area (Å²) in [4.78, 5) is 12.5. The van der Waals surface area contributed by atoms with Crippen LogP contribution in [0.15, 0.2) is 77.7 Å². The molecule has 0 saturated carbocycles. The third kappa shape index (κ3) is 5.80. The summed E-state index contributed by atoms with van der Waals surface area (Å²) < 4.78 is 33.8. The topological polar surface area (TPSA) is 77.1 Å². The van der Waals surface area contributed by atoms with Crippen LogP contribution in [0.2, 0.25) is 0 Å². The molecular formula is C27H28O6S. The predicted octanol–water partition coefficient (Wildman–Crippen LogP) is 4.48. The second-order valence-corrected chi connectivity index (χ2v) is 9.45. The van der Waals surface area contributed by atoms with E-state index < -0.39 is 16.8 Å². The van der Waals surface area contributed by atoms with E-state index in [1.165, 1.54) is 0 Å². The number of hydrogen-bond donors (Lipinski definition) is 0. The van der Waals surface area contributed by atoms with Gasteiger partial charge in [-0.05, 0) is 82.8 Å². The maximum Gasteiger partial charge on any atom is 0.332 e. The van der Waals surface area contributed by atoms with E-state index in [1.807, 2.05) is 66.7 Å². The van der Waals surface area contributed by atoms with Crippen LogP contribution in [-0.4, -0.2) is 43.2 Å². The van der Waals surface area contributed by atoms with Gasteiger partial charge < -0.3 is 23.5 Å². The fourth-order valence-electron chi connectivity index (χ4n) is 3.72. The average molecular weight is 481 g/mol. The zero-order chi connectivity index (χ0) is 24.0. The first-order valence-electron chi connectivity index (χ1n) is 11.1. The summed E-state index contributed by atoms with van der Waals surface area (Å²) in [6, 6.07) is 23.6. The molecule has 0 bridgehead atoms. The SMILES string of the molecule is CCOC(=O)COC1(c2ccc(OCc3cccc(-c4ccc([S+](C)[O-])cc4)c3)cc2)COC1. The van der Waals surface area contributed by atoms with Crippen molar-refractivity contribution in [3.63, 3.8) is 0 Å². The van der Waals surface area contributed by atoms with Gasteiger partial charge in [-0.25, -0.2) is 4.79 Å². The van der Waals surface area contributed by atoms with Gasteiger partial charge in [0.05, 0.1) is 19.8 Å². The maximum absolute atomic E-state index is 11.7. The molecule has 1 heterocycles. The van der Waals surface area contributed by atoms with E-state index in [0.29, 0.717) is 26.4 Å². The van der Waals surface area contributed by atoms with Crippen LogP contribution in [0.3, 0.4) is 0 Å². The van der Waals surface area contributed by atoms with Gasteiger partial charge in [-0.1, -0.05) is 30.3 Å². The molecule has 1 atom stereocenters. The number of rotatable bonds is 10. The van der Waals surface area contributed by atoms with Gasteiger partial charge in [0, 0.05) is 0 Å². The molecule has 1 unspecified atom stereocenters. The van der Waals surface area contributed by atoms with Gasteiger partial charge in [0.2, 0.25) is 0 Å². The Kier molecular flexibility index (Phi) is 7.90. The Morgan fingerprint density at radius 2 is 1.76 bits per heavy atom. The van der Waals surface area contributed by atoms with Crippen LogP contribution in [0.25, 0.3) is 11.1 Å². The summed E-state index contributed by atoms with van der Waals surface area (Å²) in [6.07, 6.45) is 1.68. The summed E-state index contributed by atoms with van der Waals surface area (Å²) in [5.74, 6) is 0.358. The van der Waals surface area contributed by atoms with Gasteiger partial charge in [-0.2, -0.15) is 0 Å². The molecule has 0 aromatic heterocycles. The molecule has 178 valence electrons. The van der Waals surface area contributed by atoms with Crippen molar-refractivity contribution in [3.05, 3.63) is 83.9 Å². The molecule has 1 aliphatic rings. The van der Waals surface area contributed by atoms with Crippen molar-refractivity contribution in [2.45, 2.75) is 24.0 Å². The Morgan fingerprint density at radius 3 is 2.38 bits per heavy atom. The third-order valence-electron chi connectivity index (χ3n) is 5.67. The predicted molar refractivity (Wildman–Crippen MR) is 130 cm³/mol. The Hall–Kier alpha value is -2.84. The number of carbonyl (C=O) groups is 1. The van der Waals surface area contributed by atoms with Gasteiger partial charge in [0.25, 0.3) is 0 Å². The highest BCUT2D eigenvalue weighted by atomic mass is 32.2. The highest BCUT2D eigenvalue weighted by molar-refractivity contribution is 7.90. The van der Waals surface area contributed by atoms with Crippen LogP contribution >= 0.6 is 0 Å². The second-order valence-electron chi connectivity index (χ2n) is 8.07. The monoisotopic (exact) mass is 480 g/mol. The third-order valence-corrected chi connectivity index (χ3v) is 6.61. The quantitative estimate of drug-likeness (QED) is 0.315. The minimum atomic E-state index is -0.987. The summed E-state index contributed by atoms with van der Waals surface area (Å²) in [5.41, 5.74) is 3.51. The molecule has 4 rings (SSSR count).